The van der Waals surface area contributed by atoms with Gasteiger partial charge >= 0.3 is 5.69 Å². The van der Waals surface area contributed by atoms with E-state index in [4.69, 9.17) is 0 Å². The molecule has 0 aliphatic heterocycles. The molecule has 6 heteroatoms. The molecule has 0 atom stereocenters. The molecule has 2 rings (SSSR count). The highest BCUT2D eigenvalue weighted by Gasteiger charge is 2.14. The number of H-pyrrole nitrogens is 1. The second-order valence-electron chi connectivity index (χ2n) is 4.90. The lowest BCUT2D eigenvalue weighted by Gasteiger charge is -2.23. The Morgan fingerprint density at radius 2 is 2.29 bits per heavy atom. The molecule has 0 saturated carbocycles. The Morgan fingerprint density at radius 1 is 1.53 bits per heavy atom. The van der Waals surface area contributed by atoms with E-state index in [1.165, 1.54) is 10.7 Å². The molecule has 0 radical (unpaired) electrons. The van der Waals surface area contributed by atoms with Crippen LogP contribution in [0.15, 0.2) is 17.2 Å². The first-order valence-electron chi connectivity index (χ1n) is 5.68. The summed E-state index contributed by atoms with van der Waals surface area (Å²) in [4.78, 5) is 15.4. The van der Waals surface area contributed by atoms with Crippen molar-refractivity contribution in [1.82, 2.24) is 19.6 Å². The van der Waals surface area contributed by atoms with Crippen LogP contribution in [0, 0.1) is 5.41 Å². The normalized spacial score (nSPS) is 11.9. The van der Waals surface area contributed by atoms with E-state index in [2.05, 4.69) is 41.3 Å². The number of aromatic nitrogens is 4. The summed E-state index contributed by atoms with van der Waals surface area (Å²) in [6.07, 6.45) is 2.56. The molecule has 0 aromatic carbocycles. The maximum atomic E-state index is 11.2. The maximum absolute atomic E-state index is 11.2. The van der Waals surface area contributed by atoms with E-state index in [-0.39, 0.29) is 11.1 Å². The van der Waals surface area contributed by atoms with Crippen LogP contribution in [0.5, 0.6) is 0 Å². The quantitative estimate of drug-likeness (QED) is 0.836. The van der Waals surface area contributed by atoms with Gasteiger partial charge in [0.1, 0.15) is 12.1 Å². The predicted molar refractivity (Wildman–Crippen MR) is 66.2 cm³/mol. The van der Waals surface area contributed by atoms with Gasteiger partial charge in [-0.05, 0) is 11.8 Å². The lowest BCUT2D eigenvalue weighted by atomic mass is 9.90. The van der Waals surface area contributed by atoms with Crippen LogP contribution in [0.2, 0.25) is 0 Å². The lowest BCUT2D eigenvalue weighted by molar-refractivity contribution is 0.376. The number of anilines is 1. The fourth-order valence-electron chi connectivity index (χ4n) is 1.36. The molecule has 2 N–H and O–H groups in total. The smallest absolute Gasteiger partial charge is 0.348 e. The van der Waals surface area contributed by atoms with E-state index in [0.29, 0.717) is 5.65 Å². The van der Waals surface area contributed by atoms with Gasteiger partial charge in [0.25, 0.3) is 0 Å². The zero-order chi connectivity index (χ0) is 12.5. The zero-order valence-corrected chi connectivity index (χ0v) is 10.3. The number of hydrogen-bond acceptors (Lipinski definition) is 4. The number of fused-ring (bicyclic) bond motifs is 1. The van der Waals surface area contributed by atoms with E-state index in [1.54, 1.807) is 6.07 Å². The van der Waals surface area contributed by atoms with Gasteiger partial charge in [0, 0.05) is 12.6 Å². The molecular weight excluding hydrogens is 218 g/mol. The largest absolute Gasteiger partial charge is 0.369 e. The minimum absolute atomic E-state index is 0.221. The zero-order valence-electron chi connectivity index (χ0n) is 10.3. The summed E-state index contributed by atoms with van der Waals surface area (Å²) >= 11 is 0. The van der Waals surface area contributed by atoms with Gasteiger partial charge in [0.2, 0.25) is 0 Å². The fraction of sp³-hybridized carbons (Fsp3) is 0.545. The van der Waals surface area contributed by atoms with Crippen molar-refractivity contribution < 1.29 is 0 Å². The summed E-state index contributed by atoms with van der Waals surface area (Å²) in [7, 11) is 0. The summed E-state index contributed by atoms with van der Waals surface area (Å²) in [5.41, 5.74) is 0.522. The Bertz CT molecular complexity index is 568. The van der Waals surface area contributed by atoms with Crippen LogP contribution in [0.3, 0.4) is 0 Å². The standard InChI is InChI=1S/C11H17N5O/c1-4-11(2,3)6-12-8-5-9-14-15-10(17)16(9)7-13-8/h5,7,12H,4,6H2,1-3H3,(H,15,17). The molecule has 0 fully saturated rings. The van der Waals surface area contributed by atoms with Gasteiger partial charge in [0.05, 0.1) is 0 Å². The van der Waals surface area contributed by atoms with Gasteiger partial charge in [-0.15, -0.1) is 0 Å². The molecule has 2 aromatic rings. The fourth-order valence-corrected chi connectivity index (χ4v) is 1.36. The van der Waals surface area contributed by atoms with Crippen molar-refractivity contribution >= 4 is 11.5 Å². The number of rotatable bonds is 4. The SMILES string of the molecule is CCC(C)(C)CNc1cc2n[nH]c(=O)n2cn1. The van der Waals surface area contributed by atoms with E-state index in [0.717, 1.165) is 18.8 Å². The number of nitrogens with one attached hydrogen (secondary N) is 2. The molecule has 92 valence electrons. The van der Waals surface area contributed by atoms with Crippen LogP contribution in [-0.2, 0) is 0 Å². The minimum atomic E-state index is -0.270. The highest BCUT2D eigenvalue weighted by atomic mass is 16.1. The van der Waals surface area contributed by atoms with E-state index in [1.807, 2.05) is 0 Å². The monoisotopic (exact) mass is 235 g/mol. The van der Waals surface area contributed by atoms with Crippen LogP contribution in [-0.4, -0.2) is 26.1 Å². The van der Waals surface area contributed by atoms with Gasteiger partial charge in [-0.25, -0.2) is 19.3 Å². The molecule has 0 bridgehead atoms. The molecule has 2 aromatic heterocycles. The third-order valence-corrected chi connectivity index (χ3v) is 3.01. The molecule has 6 nitrogen and oxygen atoms in total. The molecule has 0 saturated heterocycles. The van der Waals surface area contributed by atoms with Crippen molar-refractivity contribution in [3.63, 3.8) is 0 Å². The maximum Gasteiger partial charge on any atom is 0.348 e. The van der Waals surface area contributed by atoms with Gasteiger partial charge in [-0.1, -0.05) is 20.8 Å². The van der Waals surface area contributed by atoms with Gasteiger partial charge in [0.15, 0.2) is 5.65 Å². The summed E-state index contributed by atoms with van der Waals surface area (Å²) < 4.78 is 1.37. The molecule has 0 amide bonds. The molecule has 17 heavy (non-hydrogen) atoms. The Labute approximate surface area is 99.1 Å². The van der Waals surface area contributed by atoms with Crippen LogP contribution in [0.4, 0.5) is 5.82 Å². The molecular formula is C11H17N5O. The van der Waals surface area contributed by atoms with Crippen molar-refractivity contribution in [2.75, 3.05) is 11.9 Å². The van der Waals surface area contributed by atoms with E-state index in [9.17, 15) is 4.79 Å². The van der Waals surface area contributed by atoms with Crippen LogP contribution in [0.25, 0.3) is 5.65 Å². The molecule has 0 aliphatic rings. The highest BCUT2D eigenvalue weighted by molar-refractivity contribution is 5.48. The summed E-state index contributed by atoms with van der Waals surface area (Å²) in [5, 5.41) is 9.52. The lowest BCUT2D eigenvalue weighted by Crippen LogP contribution is -2.22. The molecule has 0 aliphatic carbocycles. The average molecular weight is 235 g/mol. The third-order valence-electron chi connectivity index (χ3n) is 3.01. The van der Waals surface area contributed by atoms with Crippen molar-refractivity contribution in [3.8, 4) is 0 Å². The number of hydrogen-bond donors (Lipinski definition) is 2. The first-order valence-corrected chi connectivity index (χ1v) is 5.68. The Hall–Kier alpha value is -1.85. The molecule has 0 unspecified atom stereocenters. The highest BCUT2D eigenvalue weighted by Crippen LogP contribution is 2.19. The van der Waals surface area contributed by atoms with Crippen molar-refractivity contribution in [3.05, 3.63) is 22.9 Å². The van der Waals surface area contributed by atoms with Crippen LogP contribution < -0.4 is 11.0 Å². The topological polar surface area (TPSA) is 75.1 Å². The Balaban J connectivity index is 2.17. The van der Waals surface area contributed by atoms with Gasteiger partial charge < -0.3 is 5.32 Å². The third kappa shape index (κ3) is 2.46. The van der Waals surface area contributed by atoms with Crippen LogP contribution in [0.1, 0.15) is 27.2 Å². The number of aromatic amines is 1. The first kappa shape index (κ1) is 11.6. The average Bonchev–Trinajstić information content (AvgIpc) is 2.68. The molecule has 2 heterocycles. The Kier molecular flexibility index (Phi) is 2.87. The second-order valence-corrected chi connectivity index (χ2v) is 4.90. The summed E-state index contributed by atoms with van der Waals surface area (Å²) in [6, 6.07) is 1.75. The Morgan fingerprint density at radius 3 is 3.00 bits per heavy atom. The van der Waals surface area contributed by atoms with Crippen LogP contribution >= 0.6 is 0 Å². The first-order chi connectivity index (χ1) is 8.02. The van der Waals surface area contributed by atoms with E-state index >= 15 is 0 Å². The number of nitrogens with zero attached hydrogens (tertiary/aromatic N) is 3. The summed E-state index contributed by atoms with van der Waals surface area (Å²) in [6.45, 7) is 7.38. The van der Waals surface area contributed by atoms with E-state index < -0.39 is 0 Å². The summed E-state index contributed by atoms with van der Waals surface area (Å²) in [5.74, 6) is 0.734. The van der Waals surface area contributed by atoms with Crippen molar-refractivity contribution in [2.24, 2.45) is 5.41 Å². The van der Waals surface area contributed by atoms with Gasteiger partial charge in [-0.3, -0.25) is 0 Å². The molecule has 0 spiro atoms. The van der Waals surface area contributed by atoms with Gasteiger partial charge in [-0.2, -0.15) is 5.10 Å². The predicted octanol–water partition coefficient (Wildman–Crippen LogP) is 1.27. The minimum Gasteiger partial charge on any atom is -0.369 e. The second kappa shape index (κ2) is 4.20. The van der Waals surface area contributed by atoms with Crippen molar-refractivity contribution in [1.29, 1.82) is 0 Å². The van der Waals surface area contributed by atoms with Crippen molar-refractivity contribution in [2.45, 2.75) is 27.2 Å².